The second-order valence-corrected chi connectivity index (χ2v) is 7.40. The SMILES string of the molecule is Cn1ncc(C2CC3(CCN2)OCCc2cc(Cl)sc23)n1. The molecule has 1 N–H and O–H groups in total. The van der Waals surface area contributed by atoms with Crippen molar-refractivity contribution in [3.05, 3.63) is 32.7 Å². The number of fused-ring (bicyclic) bond motifs is 2. The van der Waals surface area contributed by atoms with E-state index in [9.17, 15) is 0 Å². The number of hydrogen-bond donors (Lipinski definition) is 1. The maximum absolute atomic E-state index is 6.26. The van der Waals surface area contributed by atoms with Gasteiger partial charge in [-0.3, -0.25) is 0 Å². The first-order valence-electron chi connectivity index (χ1n) is 7.18. The van der Waals surface area contributed by atoms with Gasteiger partial charge < -0.3 is 10.1 Å². The Bertz CT molecular complexity index is 670. The van der Waals surface area contributed by atoms with Gasteiger partial charge >= 0.3 is 0 Å². The average Bonchev–Trinajstić information content (AvgIpc) is 3.06. The van der Waals surface area contributed by atoms with Gasteiger partial charge in [0.15, 0.2) is 0 Å². The summed E-state index contributed by atoms with van der Waals surface area (Å²) < 4.78 is 7.12. The summed E-state index contributed by atoms with van der Waals surface area (Å²) in [6.07, 6.45) is 4.66. The zero-order chi connectivity index (χ0) is 14.4. The van der Waals surface area contributed by atoms with Crippen LogP contribution in [0.4, 0.5) is 0 Å². The largest absolute Gasteiger partial charge is 0.369 e. The summed E-state index contributed by atoms with van der Waals surface area (Å²) in [5.74, 6) is 0. The quantitative estimate of drug-likeness (QED) is 0.875. The Kier molecular flexibility index (Phi) is 3.29. The maximum Gasteiger partial charge on any atom is 0.106 e. The van der Waals surface area contributed by atoms with E-state index in [1.54, 1.807) is 16.1 Å². The Balaban J connectivity index is 1.69. The van der Waals surface area contributed by atoms with E-state index in [1.165, 1.54) is 10.4 Å². The van der Waals surface area contributed by atoms with Gasteiger partial charge in [-0.25, -0.2) is 0 Å². The van der Waals surface area contributed by atoms with Crippen LogP contribution >= 0.6 is 22.9 Å². The fourth-order valence-corrected chi connectivity index (χ4v) is 4.89. The molecule has 112 valence electrons. The lowest BCUT2D eigenvalue weighted by molar-refractivity contribution is -0.0872. The van der Waals surface area contributed by atoms with E-state index >= 15 is 0 Å². The molecule has 1 spiro atoms. The van der Waals surface area contributed by atoms with Crippen LogP contribution in [0.2, 0.25) is 4.34 Å². The Morgan fingerprint density at radius 3 is 3.29 bits per heavy atom. The highest BCUT2D eigenvalue weighted by atomic mass is 35.5. The molecule has 2 unspecified atom stereocenters. The predicted molar refractivity (Wildman–Crippen MR) is 81.6 cm³/mol. The molecule has 2 aromatic heterocycles. The lowest BCUT2D eigenvalue weighted by Crippen LogP contribution is -2.45. The molecular weight excluding hydrogens is 308 g/mol. The van der Waals surface area contributed by atoms with E-state index in [-0.39, 0.29) is 11.6 Å². The minimum atomic E-state index is -0.209. The van der Waals surface area contributed by atoms with Crippen LogP contribution in [-0.4, -0.2) is 28.1 Å². The van der Waals surface area contributed by atoms with E-state index in [0.717, 1.165) is 42.4 Å². The Labute approximate surface area is 132 Å². The predicted octanol–water partition coefficient (Wildman–Crippen LogP) is 2.42. The summed E-state index contributed by atoms with van der Waals surface area (Å²) in [5, 5.41) is 12.2. The third-order valence-electron chi connectivity index (χ3n) is 4.37. The van der Waals surface area contributed by atoms with Crippen molar-refractivity contribution in [1.29, 1.82) is 0 Å². The fourth-order valence-electron chi connectivity index (χ4n) is 3.41. The minimum absolute atomic E-state index is 0.180. The monoisotopic (exact) mass is 324 g/mol. The number of aromatic nitrogens is 3. The van der Waals surface area contributed by atoms with Crippen molar-refractivity contribution in [3.63, 3.8) is 0 Å². The zero-order valence-electron chi connectivity index (χ0n) is 11.8. The van der Waals surface area contributed by atoms with E-state index in [2.05, 4.69) is 21.6 Å². The van der Waals surface area contributed by atoms with E-state index in [1.807, 2.05) is 13.2 Å². The molecule has 2 aliphatic heterocycles. The van der Waals surface area contributed by atoms with Gasteiger partial charge in [-0.2, -0.15) is 15.0 Å². The molecule has 2 atom stereocenters. The molecule has 0 aromatic carbocycles. The summed E-state index contributed by atoms with van der Waals surface area (Å²) in [7, 11) is 1.84. The standard InChI is InChI=1S/C14H17ClN4OS/c1-19-17-8-11(18-19)10-7-14(3-4-16-10)13-9(2-5-20-14)6-12(15)21-13/h6,8,10,16H,2-5,7H2,1H3. The van der Waals surface area contributed by atoms with Gasteiger partial charge in [-0.05, 0) is 31.0 Å². The first-order valence-corrected chi connectivity index (χ1v) is 8.38. The first-order chi connectivity index (χ1) is 10.2. The van der Waals surface area contributed by atoms with Crippen molar-refractivity contribution in [2.75, 3.05) is 13.2 Å². The number of aryl methyl sites for hydroxylation is 1. The molecule has 1 saturated heterocycles. The molecule has 4 heterocycles. The summed E-state index contributed by atoms with van der Waals surface area (Å²) in [6, 6.07) is 2.28. The molecule has 0 saturated carbocycles. The van der Waals surface area contributed by atoms with Crippen LogP contribution in [0.1, 0.15) is 35.0 Å². The lowest BCUT2D eigenvalue weighted by Gasteiger charge is -2.43. The zero-order valence-corrected chi connectivity index (χ0v) is 13.4. The topological polar surface area (TPSA) is 52.0 Å². The highest BCUT2D eigenvalue weighted by molar-refractivity contribution is 7.16. The van der Waals surface area contributed by atoms with Crippen LogP contribution in [0.15, 0.2) is 12.3 Å². The van der Waals surface area contributed by atoms with E-state index in [0.29, 0.717) is 0 Å². The molecule has 0 amide bonds. The molecule has 0 bridgehead atoms. The second kappa shape index (κ2) is 5.05. The van der Waals surface area contributed by atoms with Gasteiger partial charge in [-0.15, -0.1) is 11.3 Å². The van der Waals surface area contributed by atoms with Gasteiger partial charge in [0.1, 0.15) is 5.60 Å². The summed E-state index contributed by atoms with van der Waals surface area (Å²) in [5.41, 5.74) is 2.13. The van der Waals surface area contributed by atoms with Crippen molar-refractivity contribution in [1.82, 2.24) is 20.3 Å². The molecule has 4 rings (SSSR count). The van der Waals surface area contributed by atoms with Gasteiger partial charge in [0.05, 0.1) is 28.9 Å². The van der Waals surface area contributed by atoms with Gasteiger partial charge in [0.25, 0.3) is 0 Å². The molecule has 21 heavy (non-hydrogen) atoms. The number of piperidine rings is 1. The fraction of sp³-hybridized carbons (Fsp3) is 0.571. The molecule has 0 aliphatic carbocycles. The van der Waals surface area contributed by atoms with E-state index < -0.39 is 0 Å². The molecule has 0 radical (unpaired) electrons. The molecule has 2 aromatic rings. The van der Waals surface area contributed by atoms with Crippen molar-refractivity contribution in [2.45, 2.75) is 30.9 Å². The van der Waals surface area contributed by atoms with Crippen LogP contribution in [-0.2, 0) is 23.8 Å². The third-order valence-corrected chi connectivity index (χ3v) is 5.86. The van der Waals surface area contributed by atoms with Crippen molar-refractivity contribution >= 4 is 22.9 Å². The van der Waals surface area contributed by atoms with Crippen LogP contribution in [0.5, 0.6) is 0 Å². The normalized spacial score (nSPS) is 28.8. The van der Waals surface area contributed by atoms with E-state index in [4.69, 9.17) is 16.3 Å². The summed E-state index contributed by atoms with van der Waals surface area (Å²) in [6.45, 7) is 1.68. The smallest absolute Gasteiger partial charge is 0.106 e. The number of ether oxygens (including phenoxy) is 1. The third kappa shape index (κ3) is 2.30. The van der Waals surface area contributed by atoms with Crippen LogP contribution in [0, 0.1) is 0 Å². The number of hydrogen-bond acceptors (Lipinski definition) is 5. The second-order valence-electron chi connectivity index (χ2n) is 5.72. The summed E-state index contributed by atoms with van der Waals surface area (Å²) in [4.78, 5) is 2.92. The van der Waals surface area contributed by atoms with Gasteiger partial charge in [0.2, 0.25) is 0 Å². The number of nitrogens with one attached hydrogen (secondary N) is 1. The Morgan fingerprint density at radius 1 is 1.57 bits per heavy atom. The van der Waals surface area contributed by atoms with Crippen LogP contribution in [0.25, 0.3) is 0 Å². The minimum Gasteiger partial charge on any atom is -0.369 e. The Morgan fingerprint density at radius 2 is 2.48 bits per heavy atom. The number of rotatable bonds is 1. The van der Waals surface area contributed by atoms with Crippen molar-refractivity contribution in [2.24, 2.45) is 7.05 Å². The van der Waals surface area contributed by atoms with Gasteiger partial charge in [-0.1, -0.05) is 11.6 Å². The highest BCUT2D eigenvalue weighted by Gasteiger charge is 2.44. The number of halogens is 1. The number of nitrogens with zero attached hydrogens (tertiary/aromatic N) is 3. The summed E-state index contributed by atoms with van der Waals surface area (Å²) >= 11 is 7.90. The first kappa shape index (κ1) is 13.7. The van der Waals surface area contributed by atoms with Crippen LogP contribution < -0.4 is 5.32 Å². The average molecular weight is 325 g/mol. The molecule has 2 aliphatic rings. The molecular formula is C14H17ClN4OS. The molecule has 7 heteroatoms. The highest BCUT2D eigenvalue weighted by Crippen LogP contribution is 2.48. The maximum atomic E-state index is 6.26. The molecule has 5 nitrogen and oxygen atoms in total. The Hall–Kier alpha value is -0.950. The molecule has 1 fully saturated rings. The lowest BCUT2D eigenvalue weighted by atomic mass is 9.82. The number of thiophene rings is 1. The van der Waals surface area contributed by atoms with Crippen molar-refractivity contribution in [3.8, 4) is 0 Å². The van der Waals surface area contributed by atoms with Gasteiger partial charge in [0, 0.05) is 18.3 Å². The van der Waals surface area contributed by atoms with Crippen LogP contribution in [0.3, 0.4) is 0 Å². The van der Waals surface area contributed by atoms with Crippen molar-refractivity contribution < 1.29 is 4.74 Å².